The molecule has 7 heteroatoms. The summed E-state index contributed by atoms with van der Waals surface area (Å²) in [7, 11) is 0. The van der Waals surface area contributed by atoms with Crippen molar-refractivity contribution < 1.29 is 19.7 Å². The van der Waals surface area contributed by atoms with E-state index in [9.17, 15) is 15.0 Å². The first-order chi connectivity index (χ1) is 11.2. The van der Waals surface area contributed by atoms with E-state index in [2.05, 4.69) is 21.2 Å². The average Bonchev–Trinajstić information content (AvgIpc) is 2.51. The summed E-state index contributed by atoms with van der Waals surface area (Å²) in [6.45, 7) is 5.44. The molecule has 2 unspecified atom stereocenters. The minimum absolute atomic E-state index is 0.152. The quantitative estimate of drug-likeness (QED) is 0.639. The molecule has 0 aromatic heterocycles. The maximum atomic E-state index is 11.5. The van der Waals surface area contributed by atoms with Crippen LogP contribution in [0.4, 0.5) is 4.79 Å². The van der Waals surface area contributed by atoms with Crippen LogP contribution < -0.4 is 5.32 Å². The van der Waals surface area contributed by atoms with Gasteiger partial charge in [0.2, 0.25) is 0 Å². The Morgan fingerprint density at radius 2 is 2.08 bits per heavy atom. The van der Waals surface area contributed by atoms with Crippen LogP contribution in [0.5, 0.6) is 0 Å². The van der Waals surface area contributed by atoms with E-state index < -0.39 is 23.9 Å². The number of nitriles is 1. The highest BCUT2D eigenvalue weighted by Crippen LogP contribution is 2.25. The summed E-state index contributed by atoms with van der Waals surface area (Å²) in [5.74, 6) is 0. The van der Waals surface area contributed by atoms with Crippen molar-refractivity contribution in [2.24, 2.45) is 0 Å². The predicted molar refractivity (Wildman–Crippen MR) is 93.6 cm³/mol. The number of amides is 1. The monoisotopic (exact) mass is 398 g/mol. The number of hydrogen-bond acceptors (Lipinski definition) is 5. The second-order valence-corrected chi connectivity index (χ2v) is 6.95. The molecule has 6 nitrogen and oxygen atoms in total. The molecule has 0 spiro atoms. The van der Waals surface area contributed by atoms with Crippen molar-refractivity contribution in [3.63, 3.8) is 0 Å². The number of rotatable bonds is 6. The van der Waals surface area contributed by atoms with E-state index in [-0.39, 0.29) is 13.0 Å². The maximum absolute atomic E-state index is 11.5. The van der Waals surface area contributed by atoms with Gasteiger partial charge in [0.15, 0.2) is 0 Å². The smallest absolute Gasteiger partial charge is 0.407 e. The summed E-state index contributed by atoms with van der Waals surface area (Å²) in [5, 5.41) is 32.5. The lowest BCUT2D eigenvalue weighted by molar-refractivity contribution is 0.0119. The number of alkyl carbamates (subject to hydrolysis) is 1. The van der Waals surface area contributed by atoms with Gasteiger partial charge in [-0.25, -0.2) is 4.79 Å². The minimum atomic E-state index is -1.15. The Balaban J connectivity index is 2.64. The van der Waals surface area contributed by atoms with Crippen LogP contribution in [0.2, 0.25) is 0 Å². The fourth-order valence-electron chi connectivity index (χ4n) is 2.06. The Labute approximate surface area is 150 Å². The first kappa shape index (κ1) is 20.4. The van der Waals surface area contributed by atoms with Gasteiger partial charge in [-0.1, -0.05) is 22.0 Å². The lowest BCUT2D eigenvalue weighted by Gasteiger charge is -2.22. The van der Waals surface area contributed by atoms with E-state index in [1.165, 1.54) is 0 Å². The lowest BCUT2D eigenvalue weighted by atomic mass is 9.96. The van der Waals surface area contributed by atoms with Crippen molar-refractivity contribution in [3.8, 4) is 6.07 Å². The van der Waals surface area contributed by atoms with Crippen LogP contribution in [0.3, 0.4) is 0 Å². The topological polar surface area (TPSA) is 103 Å². The third-order valence-electron chi connectivity index (χ3n) is 3.21. The van der Waals surface area contributed by atoms with Gasteiger partial charge in [0, 0.05) is 11.9 Å². The molecule has 0 saturated carbocycles. The minimum Gasteiger partial charge on any atom is -0.444 e. The summed E-state index contributed by atoms with van der Waals surface area (Å²) in [6, 6.07) is 6.96. The third-order valence-corrected chi connectivity index (χ3v) is 3.81. The molecule has 1 aromatic rings. The fraction of sp³-hybridized carbons (Fsp3) is 0.529. The molecule has 1 aromatic carbocycles. The molecule has 1 amide bonds. The molecule has 0 bridgehead atoms. The van der Waals surface area contributed by atoms with E-state index in [0.29, 0.717) is 16.5 Å². The number of nitrogens with zero attached hydrogens (tertiary/aromatic N) is 1. The van der Waals surface area contributed by atoms with Crippen LogP contribution in [0, 0.1) is 11.3 Å². The largest absolute Gasteiger partial charge is 0.444 e. The number of halogens is 1. The van der Waals surface area contributed by atoms with Crippen molar-refractivity contribution in [2.45, 2.75) is 50.3 Å². The Morgan fingerprint density at radius 1 is 1.42 bits per heavy atom. The molecule has 3 N–H and O–H groups in total. The van der Waals surface area contributed by atoms with Crippen molar-refractivity contribution in [1.82, 2.24) is 5.32 Å². The van der Waals surface area contributed by atoms with Gasteiger partial charge in [0.05, 0.1) is 17.7 Å². The van der Waals surface area contributed by atoms with Crippen LogP contribution in [0.25, 0.3) is 0 Å². The zero-order valence-electron chi connectivity index (χ0n) is 14.0. The summed E-state index contributed by atoms with van der Waals surface area (Å²) in [6.07, 6.45) is -2.64. The van der Waals surface area contributed by atoms with E-state index in [1.54, 1.807) is 39.0 Å². The third kappa shape index (κ3) is 6.48. The number of carbonyl (C=O) groups is 1. The molecule has 24 heavy (non-hydrogen) atoms. The van der Waals surface area contributed by atoms with Gasteiger partial charge in [-0.05, 0) is 50.5 Å². The molecule has 0 aliphatic rings. The van der Waals surface area contributed by atoms with Gasteiger partial charge < -0.3 is 20.3 Å². The zero-order chi connectivity index (χ0) is 18.3. The van der Waals surface area contributed by atoms with Crippen LogP contribution in [0.1, 0.15) is 50.0 Å². The lowest BCUT2D eigenvalue weighted by Crippen LogP contribution is -2.34. The Kier molecular flexibility index (Phi) is 7.67. The molecular weight excluding hydrogens is 376 g/mol. The molecular formula is C17H23BrN2O4. The number of aliphatic hydroxyl groups is 2. The SMILES string of the molecule is CC(C)(C)OC(=O)NCCC(O)C(O)c1cc(C#N)ccc1CBr. The van der Waals surface area contributed by atoms with E-state index >= 15 is 0 Å². The first-order valence-electron chi connectivity index (χ1n) is 7.60. The van der Waals surface area contributed by atoms with Gasteiger partial charge >= 0.3 is 6.09 Å². The predicted octanol–water partition coefficient (Wildman–Crippen LogP) is 2.76. The molecule has 1 rings (SSSR count). The van der Waals surface area contributed by atoms with Crippen molar-refractivity contribution in [2.75, 3.05) is 6.54 Å². The van der Waals surface area contributed by atoms with E-state index in [1.807, 2.05) is 6.07 Å². The average molecular weight is 399 g/mol. The van der Waals surface area contributed by atoms with Gasteiger partial charge in [-0.3, -0.25) is 0 Å². The molecule has 0 saturated heterocycles. The summed E-state index contributed by atoms with van der Waals surface area (Å²) >= 11 is 3.32. The van der Waals surface area contributed by atoms with E-state index in [4.69, 9.17) is 10.00 Å². The highest BCUT2D eigenvalue weighted by Gasteiger charge is 2.22. The highest BCUT2D eigenvalue weighted by atomic mass is 79.9. The number of ether oxygens (including phenoxy) is 1. The van der Waals surface area contributed by atoms with Gasteiger partial charge in [0.1, 0.15) is 11.7 Å². The number of carbonyl (C=O) groups excluding carboxylic acids is 1. The zero-order valence-corrected chi connectivity index (χ0v) is 15.6. The Morgan fingerprint density at radius 3 is 2.62 bits per heavy atom. The molecule has 0 fully saturated rings. The molecule has 0 aliphatic carbocycles. The molecule has 0 heterocycles. The van der Waals surface area contributed by atoms with Gasteiger partial charge in [0.25, 0.3) is 0 Å². The van der Waals surface area contributed by atoms with E-state index in [0.717, 1.165) is 5.56 Å². The Hall–Kier alpha value is -1.62. The van der Waals surface area contributed by atoms with Gasteiger partial charge in [-0.15, -0.1) is 0 Å². The fourth-order valence-corrected chi connectivity index (χ4v) is 2.57. The molecule has 132 valence electrons. The number of benzene rings is 1. The van der Waals surface area contributed by atoms with Crippen molar-refractivity contribution in [3.05, 3.63) is 34.9 Å². The number of hydrogen-bond donors (Lipinski definition) is 3. The van der Waals surface area contributed by atoms with Crippen LogP contribution in [-0.4, -0.2) is 34.6 Å². The maximum Gasteiger partial charge on any atom is 0.407 e. The summed E-state index contributed by atoms with van der Waals surface area (Å²) < 4.78 is 5.10. The molecule has 0 radical (unpaired) electrons. The number of aliphatic hydroxyl groups excluding tert-OH is 2. The first-order valence-corrected chi connectivity index (χ1v) is 8.72. The van der Waals surface area contributed by atoms with Crippen LogP contribution >= 0.6 is 15.9 Å². The van der Waals surface area contributed by atoms with Crippen LogP contribution in [0.15, 0.2) is 18.2 Å². The highest BCUT2D eigenvalue weighted by molar-refractivity contribution is 9.08. The standard InChI is InChI=1S/C17H23BrN2O4/c1-17(2,3)24-16(23)20-7-6-14(21)15(22)13-8-11(10-19)4-5-12(13)9-18/h4-5,8,14-15,21-22H,6-7,9H2,1-3H3,(H,20,23). The van der Waals surface area contributed by atoms with Gasteiger partial charge in [-0.2, -0.15) is 5.26 Å². The summed E-state index contributed by atoms with van der Waals surface area (Å²) in [5.41, 5.74) is 1.11. The number of alkyl halides is 1. The molecule has 0 aliphatic heterocycles. The Bertz CT molecular complexity index is 608. The second kappa shape index (κ2) is 9.02. The normalized spacial score (nSPS) is 13.7. The second-order valence-electron chi connectivity index (χ2n) is 6.39. The number of nitrogens with one attached hydrogen (secondary N) is 1. The van der Waals surface area contributed by atoms with Crippen molar-refractivity contribution in [1.29, 1.82) is 5.26 Å². The van der Waals surface area contributed by atoms with Crippen LogP contribution in [-0.2, 0) is 10.1 Å². The molecule has 2 atom stereocenters. The summed E-state index contributed by atoms with van der Waals surface area (Å²) in [4.78, 5) is 11.5. The van der Waals surface area contributed by atoms with Crippen molar-refractivity contribution >= 4 is 22.0 Å².